The Morgan fingerprint density at radius 1 is 1.25 bits per heavy atom. The van der Waals surface area contributed by atoms with Crippen molar-refractivity contribution in [3.63, 3.8) is 0 Å². The van der Waals surface area contributed by atoms with Crippen LogP contribution in [0.1, 0.15) is 32.4 Å². The first kappa shape index (κ1) is 16.6. The number of thiocyanates is 1. The number of aromatic nitrogens is 1. The second kappa shape index (κ2) is 7.39. The molecule has 2 rings (SSSR count). The van der Waals surface area contributed by atoms with Gasteiger partial charge < -0.3 is 4.90 Å². The number of anilines is 1. The Morgan fingerprint density at radius 2 is 1.85 bits per heavy atom. The lowest BCUT2D eigenvalue weighted by Crippen LogP contribution is -2.21. The molecule has 1 saturated heterocycles. The third kappa shape index (κ3) is 4.30. The summed E-state index contributed by atoms with van der Waals surface area (Å²) in [7, 11) is 0. The molecule has 2 heterocycles. The molecule has 0 atom stereocenters. The van der Waals surface area contributed by atoms with Crippen molar-refractivity contribution in [2.24, 2.45) is 0 Å². The Bertz CT molecular complexity index is 477. The van der Waals surface area contributed by atoms with Crippen LogP contribution >= 0.6 is 11.8 Å². The smallest absolute Gasteiger partial charge is 0.357 e. The van der Waals surface area contributed by atoms with Gasteiger partial charge in [-0.3, -0.25) is 0 Å². The molecule has 110 valence electrons. The standard InChI is InChI=1S/C11H10F3N3S.C2H6/c12-11(13,14)9-5-8(18-7-15)6-10(16-9)17-3-1-2-4-17;1-2/h5-6H,1-4H2;1-2H3. The van der Waals surface area contributed by atoms with Gasteiger partial charge in [0.15, 0.2) is 0 Å². The molecule has 3 nitrogen and oxygen atoms in total. The van der Waals surface area contributed by atoms with Crippen LogP contribution in [0.3, 0.4) is 0 Å². The fourth-order valence-electron chi connectivity index (χ4n) is 1.86. The molecule has 0 saturated carbocycles. The number of nitrogens with zero attached hydrogens (tertiary/aromatic N) is 3. The lowest BCUT2D eigenvalue weighted by molar-refractivity contribution is -0.141. The Hall–Kier alpha value is -1.42. The Morgan fingerprint density at radius 3 is 2.35 bits per heavy atom. The summed E-state index contributed by atoms with van der Waals surface area (Å²) in [5.74, 6) is 0.306. The average molecular weight is 303 g/mol. The van der Waals surface area contributed by atoms with Crippen molar-refractivity contribution in [3.8, 4) is 5.40 Å². The third-order valence-electron chi connectivity index (χ3n) is 2.67. The third-order valence-corrected chi connectivity index (χ3v) is 3.23. The minimum atomic E-state index is -4.49. The predicted octanol–water partition coefficient (Wildman–Crippen LogP) is 4.30. The molecule has 0 spiro atoms. The Labute approximate surface area is 120 Å². The van der Waals surface area contributed by atoms with E-state index in [1.165, 1.54) is 6.07 Å². The minimum absolute atomic E-state index is 0.279. The van der Waals surface area contributed by atoms with E-state index in [0.29, 0.717) is 18.9 Å². The molecule has 1 aromatic heterocycles. The zero-order valence-electron chi connectivity index (χ0n) is 11.4. The van der Waals surface area contributed by atoms with Gasteiger partial charge in [0, 0.05) is 18.0 Å². The lowest BCUT2D eigenvalue weighted by Gasteiger charge is -2.18. The summed E-state index contributed by atoms with van der Waals surface area (Å²) in [6, 6.07) is 2.45. The van der Waals surface area contributed by atoms with Crippen molar-refractivity contribution in [2.75, 3.05) is 18.0 Å². The van der Waals surface area contributed by atoms with Gasteiger partial charge in [0.25, 0.3) is 0 Å². The zero-order chi connectivity index (χ0) is 15.2. The number of nitriles is 1. The summed E-state index contributed by atoms with van der Waals surface area (Å²) in [4.78, 5) is 5.74. The summed E-state index contributed by atoms with van der Waals surface area (Å²) in [6.07, 6.45) is -2.57. The van der Waals surface area contributed by atoms with E-state index in [4.69, 9.17) is 5.26 Å². The van der Waals surface area contributed by atoms with Gasteiger partial charge in [-0.05, 0) is 36.7 Å². The van der Waals surface area contributed by atoms with Gasteiger partial charge >= 0.3 is 6.18 Å². The second-order valence-corrected chi connectivity index (χ2v) is 4.79. The van der Waals surface area contributed by atoms with Crippen LogP contribution in [0.25, 0.3) is 0 Å². The van der Waals surface area contributed by atoms with Crippen LogP contribution < -0.4 is 4.90 Å². The van der Waals surface area contributed by atoms with Crippen molar-refractivity contribution in [2.45, 2.75) is 37.8 Å². The van der Waals surface area contributed by atoms with E-state index in [1.54, 1.807) is 5.40 Å². The number of hydrogen-bond acceptors (Lipinski definition) is 4. The quantitative estimate of drug-likeness (QED) is 0.603. The van der Waals surface area contributed by atoms with Crippen molar-refractivity contribution in [3.05, 3.63) is 17.8 Å². The molecule has 7 heteroatoms. The van der Waals surface area contributed by atoms with E-state index in [-0.39, 0.29) is 4.90 Å². The maximum Gasteiger partial charge on any atom is 0.433 e. The molecular formula is C13H16F3N3S. The summed E-state index contributed by atoms with van der Waals surface area (Å²) in [6.45, 7) is 5.43. The number of hydrogen-bond donors (Lipinski definition) is 0. The van der Waals surface area contributed by atoms with E-state index in [1.807, 2.05) is 18.7 Å². The zero-order valence-corrected chi connectivity index (χ0v) is 12.2. The van der Waals surface area contributed by atoms with Crippen molar-refractivity contribution in [1.29, 1.82) is 5.26 Å². The molecular weight excluding hydrogens is 287 g/mol. The highest BCUT2D eigenvalue weighted by molar-refractivity contribution is 8.03. The van der Waals surface area contributed by atoms with Crippen LogP contribution in [0.4, 0.5) is 19.0 Å². The van der Waals surface area contributed by atoms with Gasteiger partial charge in [0.2, 0.25) is 0 Å². The average Bonchev–Trinajstić information content (AvgIpc) is 2.94. The van der Waals surface area contributed by atoms with E-state index >= 15 is 0 Å². The van der Waals surface area contributed by atoms with E-state index in [9.17, 15) is 13.2 Å². The van der Waals surface area contributed by atoms with E-state index < -0.39 is 11.9 Å². The molecule has 0 bridgehead atoms. The number of rotatable bonds is 2. The normalized spacial score (nSPS) is 14.5. The summed E-state index contributed by atoms with van der Waals surface area (Å²) in [5, 5.41) is 10.4. The molecule has 1 aliphatic heterocycles. The molecule has 0 amide bonds. The summed E-state index contributed by atoms with van der Waals surface area (Å²) >= 11 is 0.717. The molecule has 1 aliphatic rings. The molecule has 0 aliphatic carbocycles. The lowest BCUT2D eigenvalue weighted by atomic mass is 10.3. The minimum Gasteiger partial charge on any atom is -0.357 e. The monoisotopic (exact) mass is 303 g/mol. The van der Waals surface area contributed by atoms with Crippen LogP contribution in [0.5, 0.6) is 0 Å². The van der Waals surface area contributed by atoms with Crippen LogP contribution in [0, 0.1) is 10.7 Å². The second-order valence-electron chi connectivity index (χ2n) is 3.93. The highest BCUT2D eigenvalue weighted by atomic mass is 32.2. The first-order chi connectivity index (χ1) is 9.50. The fourth-order valence-corrected chi connectivity index (χ4v) is 2.30. The van der Waals surface area contributed by atoms with E-state index in [0.717, 1.165) is 30.7 Å². The van der Waals surface area contributed by atoms with Gasteiger partial charge in [-0.25, -0.2) is 4.98 Å². The maximum atomic E-state index is 12.7. The molecule has 0 radical (unpaired) electrons. The van der Waals surface area contributed by atoms with Crippen molar-refractivity contribution >= 4 is 17.6 Å². The molecule has 1 aromatic rings. The summed E-state index contributed by atoms with van der Waals surface area (Å²) < 4.78 is 38.1. The molecule has 0 aromatic carbocycles. The van der Waals surface area contributed by atoms with Gasteiger partial charge in [0.1, 0.15) is 16.9 Å². The van der Waals surface area contributed by atoms with Gasteiger partial charge in [-0.1, -0.05) is 13.8 Å². The summed E-state index contributed by atoms with van der Waals surface area (Å²) in [5.41, 5.74) is -0.940. The topological polar surface area (TPSA) is 39.9 Å². The molecule has 0 N–H and O–H groups in total. The highest BCUT2D eigenvalue weighted by Gasteiger charge is 2.34. The largest absolute Gasteiger partial charge is 0.433 e. The SMILES string of the molecule is CC.N#CSc1cc(N2CCCC2)nc(C(F)(F)F)c1. The van der Waals surface area contributed by atoms with Gasteiger partial charge in [-0.2, -0.15) is 18.4 Å². The van der Waals surface area contributed by atoms with Crippen LogP contribution in [0.15, 0.2) is 17.0 Å². The number of pyridine rings is 1. The first-order valence-corrected chi connectivity index (χ1v) is 7.22. The molecule has 1 fully saturated rings. The van der Waals surface area contributed by atoms with Crippen LogP contribution in [-0.4, -0.2) is 18.1 Å². The van der Waals surface area contributed by atoms with Crippen molar-refractivity contribution in [1.82, 2.24) is 4.98 Å². The predicted molar refractivity (Wildman–Crippen MR) is 73.5 cm³/mol. The number of alkyl halides is 3. The fraction of sp³-hybridized carbons (Fsp3) is 0.538. The first-order valence-electron chi connectivity index (χ1n) is 6.41. The molecule has 0 unspecified atom stereocenters. The van der Waals surface area contributed by atoms with E-state index in [2.05, 4.69) is 4.98 Å². The van der Waals surface area contributed by atoms with Gasteiger partial charge in [-0.15, -0.1) is 0 Å². The van der Waals surface area contributed by atoms with Gasteiger partial charge in [0.05, 0.1) is 0 Å². The van der Waals surface area contributed by atoms with Crippen molar-refractivity contribution < 1.29 is 13.2 Å². The number of thioether (sulfide) groups is 1. The highest BCUT2D eigenvalue weighted by Crippen LogP contribution is 2.33. The Balaban J connectivity index is 0.000000956. The molecule has 20 heavy (non-hydrogen) atoms. The maximum absolute atomic E-state index is 12.7. The Kier molecular flexibility index (Phi) is 6.14. The number of halogens is 3. The van der Waals surface area contributed by atoms with Crippen LogP contribution in [-0.2, 0) is 6.18 Å². The van der Waals surface area contributed by atoms with Crippen LogP contribution in [0.2, 0.25) is 0 Å².